The summed E-state index contributed by atoms with van der Waals surface area (Å²) in [6.07, 6.45) is 0.799. The van der Waals surface area contributed by atoms with Crippen LogP contribution in [0, 0.1) is 0 Å². The molecule has 62 valence electrons. The molecule has 0 aliphatic heterocycles. The first-order chi connectivity index (χ1) is 4.45. The summed E-state index contributed by atoms with van der Waals surface area (Å²) in [6, 6.07) is 0.0567. The Labute approximate surface area is 64.1 Å². The second kappa shape index (κ2) is 4.36. The number of rotatable bonds is 4. The molecule has 0 saturated heterocycles. The monoisotopic (exact) mass is 184 g/mol. The molecule has 0 aromatic carbocycles. The molecule has 1 unspecified atom stereocenters. The fourth-order valence-electron chi connectivity index (χ4n) is 0.315. The fraction of sp³-hybridized carbons (Fsp3) is 1.00. The minimum absolute atomic E-state index is 0.0567. The summed E-state index contributed by atoms with van der Waals surface area (Å²) < 4.78 is 10.1. The molecule has 0 bridgehead atoms. The predicted molar refractivity (Wildman–Crippen MR) is 37.0 cm³/mol. The normalized spacial score (nSPS) is 15.2. The third kappa shape index (κ3) is 6.58. The lowest BCUT2D eigenvalue weighted by molar-refractivity contribution is -0.412. The van der Waals surface area contributed by atoms with Crippen molar-refractivity contribution in [3.05, 3.63) is 0 Å². The zero-order chi connectivity index (χ0) is 8.20. The molecule has 0 radical (unpaired) electrons. The molecular weight excluding hydrogens is 173 g/mol. The van der Waals surface area contributed by atoms with Gasteiger partial charge in [0.05, 0.1) is 11.8 Å². The maximum Gasteiger partial charge on any atom is 0.0936 e. The molecule has 0 rings (SSSR count). The molecule has 0 heterocycles. The van der Waals surface area contributed by atoms with E-state index in [0.29, 0.717) is 17.1 Å². The largest absolute Gasteiger partial charge is 0.803 e. The molecule has 1 atom stereocenters. The van der Waals surface area contributed by atoms with Crippen molar-refractivity contribution in [2.45, 2.75) is 19.4 Å². The average Bonchev–Trinajstić information content (AvgIpc) is 1.81. The van der Waals surface area contributed by atoms with Crippen molar-refractivity contribution in [2.75, 3.05) is 5.75 Å². The van der Waals surface area contributed by atoms with E-state index in [1.807, 2.05) is 6.92 Å². The van der Waals surface area contributed by atoms with E-state index in [1.54, 1.807) is 0 Å². The number of quaternary nitrogens is 1. The van der Waals surface area contributed by atoms with Crippen LogP contribution in [-0.2, 0) is 4.57 Å². The zero-order valence-corrected chi connectivity index (χ0v) is 7.49. The molecule has 0 aromatic rings. The highest BCUT2D eigenvalue weighted by Gasteiger charge is 2.03. The van der Waals surface area contributed by atoms with E-state index in [0.717, 1.165) is 6.42 Å². The van der Waals surface area contributed by atoms with Crippen LogP contribution in [0.1, 0.15) is 13.3 Å². The van der Waals surface area contributed by atoms with Gasteiger partial charge in [-0.1, -0.05) is 6.92 Å². The minimum atomic E-state index is -4.36. The molecule has 0 spiro atoms. The van der Waals surface area contributed by atoms with Gasteiger partial charge in [0.25, 0.3) is 0 Å². The summed E-state index contributed by atoms with van der Waals surface area (Å²) >= 11 is 0.448. The summed E-state index contributed by atoms with van der Waals surface area (Å²) in [5, 5.41) is 0. The lowest BCUT2D eigenvalue weighted by atomic mass is 10.3. The highest BCUT2D eigenvalue weighted by Crippen LogP contribution is 2.41. The summed E-state index contributed by atoms with van der Waals surface area (Å²) in [6.45, 7) is -2.45. The Morgan fingerprint density at radius 3 is 2.50 bits per heavy atom. The maximum atomic E-state index is 10.1. The van der Waals surface area contributed by atoms with Crippen LogP contribution in [0.4, 0.5) is 0 Å². The van der Waals surface area contributed by atoms with Crippen molar-refractivity contribution in [2.24, 2.45) is 0 Å². The second-order valence-electron chi connectivity index (χ2n) is 2.02. The number of hydrogen-bond donors (Lipinski definition) is 1. The first-order valence-electron chi connectivity index (χ1n) is 2.95. The molecule has 4 nitrogen and oxygen atoms in total. The van der Waals surface area contributed by atoms with Gasteiger partial charge in [-0.3, -0.25) is 0 Å². The van der Waals surface area contributed by atoms with Gasteiger partial charge in [-0.25, -0.2) is 0 Å². The molecule has 0 saturated carbocycles. The molecule has 10 heavy (non-hydrogen) atoms. The molecule has 0 aliphatic carbocycles. The summed E-state index contributed by atoms with van der Waals surface area (Å²) in [4.78, 5) is 20.1. The highest BCUT2D eigenvalue weighted by atomic mass is 32.7. The first kappa shape index (κ1) is 10.5. The molecular formula is C4H11NO3PS-. The lowest BCUT2D eigenvalue weighted by Gasteiger charge is -2.28. The van der Waals surface area contributed by atoms with E-state index in [1.165, 1.54) is 0 Å². The van der Waals surface area contributed by atoms with Crippen molar-refractivity contribution in [3.8, 4) is 0 Å². The Balaban J connectivity index is 3.46. The smallest absolute Gasteiger partial charge is 0.0936 e. The topological polar surface area (TPSA) is 90.8 Å². The Hall–Kier alpha value is 0.460. The fourth-order valence-corrected chi connectivity index (χ4v) is 2.12. The van der Waals surface area contributed by atoms with Crippen LogP contribution >= 0.6 is 18.2 Å². The predicted octanol–water partition coefficient (Wildman–Crippen LogP) is -1.43. The van der Waals surface area contributed by atoms with Gasteiger partial charge in [-0.15, -0.1) is 11.4 Å². The van der Waals surface area contributed by atoms with Crippen LogP contribution in [0.2, 0.25) is 0 Å². The van der Waals surface area contributed by atoms with E-state index in [-0.39, 0.29) is 6.04 Å². The zero-order valence-electron chi connectivity index (χ0n) is 5.78. The third-order valence-electron chi connectivity index (χ3n) is 1.05. The van der Waals surface area contributed by atoms with Gasteiger partial charge in [0.2, 0.25) is 0 Å². The standard InChI is InChI=1S/C4H12NO3PS/c1-2-4(5)3-10-9(6,7)8/h4H,2-3,5H2,1H3,(H2,6,7,8)/p-1. The lowest BCUT2D eigenvalue weighted by Crippen LogP contribution is -2.61. The van der Waals surface area contributed by atoms with E-state index in [9.17, 15) is 14.4 Å². The van der Waals surface area contributed by atoms with Crippen molar-refractivity contribution >= 4 is 18.2 Å². The van der Waals surface area contributed by atoms with Gasteiger partial charge < -0.3 is 20.1 Å². The second-order valence-corrected chi connectivity index (χ2v) is 5.62. The van der Waals surface area contributed by atoms with Crippen LogP contribution < -0.4 is 15.5 Å². The van der Waals surface area contributed by atoms with E-state index in [4.69, 9.17) is 0 Å². The van der Waals surface area contributed by atoms with Crippen LogP contribution in [0.3, 0.4) is 0 Å². The third-order valence-corrected chi connectivity index (χ3v) is 3.38. The Kier molecular flexibility index (Phi) is 4.56. The van der Waals surface area contributed by atoms with Gasteiger partial charge in [0.15, 0.2) is 0 Å². The van der Waals surface area contributed by atoms with E-state index >= 15 is 0 Å². The Bertz CT molecular complexity index is 136. The molecule has 0 aromatic heterocycles. The van der Waals surface area contributed by atoms with Gasteiger partial charge >= 0.3 is 0 Å². The summed E-state index contributed by atoms with van der Waals surface area (Å²) in [5.41, 5.74) is 3.64. The minimum Gasteiger partial charge on any atom is -0.803 e. The van der Waals surface area contributed by atoms with Gasteiger partial charge in [-0.2, -0.15) is 0 Å². The van der Waals surface area contributed by atoms with Crippen molar-refractivity contribution in [1.82, 2.24) is 0 Å². The van der Waals surface area contributed by atoms with E-state index in [2.05, 4.69) is 5.73 Å². The van der Waals surface area contributed by atoms with Crippen LogP contribution in [0.25, 0.3) is 0 Å². The molecule has 0 fully saturated rings. The quantitative estimate of drug-likeness (QED) is 0.542. The van der Waals surface area contributed by atoms with Crippen LogP contribution in [0.5, 0.6) is 0 Å². The number of hydrogen-bond acceptors (Lipinski definition) is 4. The van der Waals surface area contributed by atoms with Crippen molar-refractivity contribution in [3.63, 3.8) is 0 Å². The highest BCUT2D eigenvalue weighted by molar-refractivity contribution is 8.53. The SMILES string of the molecule is CCC([NH3+])CSP(=O)([O-])[O-]. The molecule has 3 N–H and O–H groups in total. The van der Waals surface area contributed by atoms with E-state index < -0.39 is 6.80 Å². The Morgan fingerprint density at radius 2 is 2.20 bits per heavy atom. The molecule has 0 aliphatic rings. The average molecular weight is 184 g/mol. The maximum absolute atomic E-state index is 10.1. The molecule has 6 heteroatoms. The van der Waals surface area contributed by atoms with Gasteiger partial charge in [-0.05, 0) is 13.2 Å². The Morgan fingerprint density at radius 1 is 1.70 bits per heavy atom. The summed E-state index contributed by atoms with van der Waals surface area (Å²) in [5.74, 6) is 0.306. The van der Waals surface area contributed by atoms with Crippen LogP contribution in [-0.4, -0.2) is 11.8 Å². The van der Waals surface area contributed by atoms with Gasteiger partial charge in [0, 0.05) is 0 Å². The van der Waals surface area contributed by atoms with Crippen molar-refractivity contribution < 1.29 is 20.1 Å². The first-order valence-corrected chi connectivity index (χ1v) is 6.08. The summed E-state index contributed by atoms with van der Waals surface area (Å²) in [7, 11) is 0. The van der Waals surface area contributed by atoms with Gasteiger partial charge in [0.1, 0.15) is 0 Å². The van der Waals surface area contributed by atoms with Crippen LogP contribution in [0.15, 0.2) is 0 Å². The molecule has 0 amide bonds. The van der Waals surface area contributed by atoms with Crippen molar-refractivity contribution in [1.29, 1.82) is 0 Å².